The van der Waals surface area contributed by atoms with Gasteiger partial charge in [-0.25, -0.2) is 4.79 Å². The van der Waals surface area contributed by atoms with Crippen molar-refractivity contribution in [3.8, 4) is 0 Å². The van der Waals surface area contributed by atoms with Gasteiger partial charge in [0, 0.05) is 26.2 Å². The van der Waals surface area contributed by atoms with Crippen LogP contribution in [0.5, 0.6) is 0 Å². The van der Waals surface area contributed by atoms with Crippen molar-refractivity contribution >= 4 is 12.0 Å². The maximum absolute atomic E-state index is 12.1. The smallest absolute Gasteiger partial charge is 0.317 e. The number of nitrogens with zero attached hydrogens (tertiary/aromatic N) is 2. The molecule has 0 saturated carbocycles. The van der Waals surface area contributed by atoms with Gasteiger partial charge < -0.3 is 20.2 Å². The average molecular weight is 297 g/mol. The Bertz CT molecular complexity index is 369. The third-order valence-corrected chi connectivity index (χ3v) is 4.43. The number of carbonyl (C=O) groups is 2. The van der Waals surface area contributed by atoms with Crippen LogP contribution in [0.15, 0.2) is 0 Å². The van der Waals surface area contributed by atoms with Gasteiger partial charge in [0.1, 0.15) is 0 Å². The number of nitrogens with one attached hydrogen (secondary N) is 1. The molecule has 21 heavy (non-hydrogen) atoms. The summed E-state index contributed by atoms with van der Waals surface area (Å²) in [5, 5.41) is 12.0. The monoisotopic (exact) mass is 297 g/mol. The van der Waals surface area contributed by atoms with E-state index >= 15 is 0 Å². The number of hydrogen-bond donors (Lipinski definition) is 2. The van der Waals surface area contributed by atoms with E-state index in [-0.39, 0.29) is 6.03 Å². The molecule has 2 atom stereocenters. The Morgan fingerprint density at radius 2 is 1.95 bits per heavy atom. The van der Waals surface area contributed by atoms with Gasteiger partial charge >= 0.3 is 12.0 Å². The van der Waals surface area contributed by atoms with Gasteiger partial charge in [0.2, 0.25) is 0 Å². The molecule has 2 rings (SSSR count). The first kappa shape index (κ1) is 16.1. The summed E-state index contributed by atoms with van der Waals surface area (Å²) >= 11 is 0. The average Bonchev–Trinajstić information content (AvgIpc) is 2.97. The van der Waals surface area contributed by atoms with Crippen molar-refractivity contribution in [2.75, 3.05) is 39.3 Å². The van der Waals surface area contributed by atoms with Crippen LogP contribution in [0.1, 0.15) is 32.6 Å². The number of likely N-dealkylation sites (tertiary alicyclic amines) is 2. The number of urea groups is 1. The zero-order valence-electron chi connectivity index (χ0n) is 12.9. The highest BCUT2D eigenvalue weighted by atomic mass is 16.4. The van der Waals surface area contributed by atoms with Crippen molar-refractivity contribution in [3.05, 3.63) is 0 Å². The van der Waals surface area contributed by atoms with Gasteiger partial charge in [-0.3, -0.25) is 4.79 Å². The van der Waals surface area contributed by atoms with E-state index in [1.54, 1.807) is 4.90 Å². The summed E-state index contributed by atoms with van der Waals surface area (Å²) in [5.74, 6) is -0.784. The number of piperidine rings is 1. The lowest BCUT2D eigenvalue weighted by Gasteiger charge is -2.31. The van der Waals surface area contributed by atoms with Crippen LogP contribution in [0.2, 0.25) is 0 Å². The van der Waals surface area contributed by atoms with Crippen LogP contribution >= 0.6 is 0 Å². The third kappa shape index (κ3) is 4.88. The van der Waals surface area contributed by atoms with Crippen molar-refractivity contribution in [1.82, 2.24) is 15.1 Å². The number of aliphatic carboxylic acids is 1. The van der Waals surface area contributed by atoms with Gasteiger partial charge in [-0.15, -0.1) is 0 Å². The second-order valence-corrected chi connectivity index (χ2v) is 6.42. The normalized spacial score (nSPS) is 24.8. The Hall–Kier alpha value is -1.30. The second kappa shape index (κ2) is 7.64. The number of carboxylic acids is 1. The van der Waals surface area contributed by atoms with Crippen LogP contribution in [-0.4, -0.2) is 66.2 Å². The summed E-state index contributed by atoms with van der Waals surface area (Å²) in [6.07, 6.45) is 4.01. The fraction of sp³-hybridized carbons (Fsp3) is 0.867. The van der Waals surface area contributed by atoms with E-state index in [2.05, 4.69) is 17.1 Å². The summed E-state index contributed by atoms with van der Waals surface area (Å²) in [5.41, 5.74) is 0. The molecule has 2 saturated heterocycles. The summed E-state index contributed by atoms with van der Waals surface area (Å²) < 4.78 is 0. The second-order valence-electron chi connectivity index (χ2n) is 6.42. The zero-order chi connectivity index (χ0) is 15.2. The first-order valence-electron chi connectivity index (χ1n) is 8.04. The van der Waals surface area contributed by atoms with Gasteiger partial charge in [-0.05, 0) is 44.7 Å². The van der Waals surface area contributed by atoms with Crippen molar-refractivity contribution in [2.24, 2.45) is 11.8 Å². The van der Waals surface area contributed by atoms with Gasteiger partial charge in [0.25, 0.3) is 0 Å². The molecule has 0 aromatic heterocycles. The van der Waals surface area contributed by atoms with Gasteiger partial charge in [0.15, 0.2) is 0 Å². The first-order valence-corrected chi connectivity index (χ1v) is 8.04. The van der Waals surface area contributed by atoms with Crippen LogP contribution in [0, 0.1) is 11.8 Å². The number of hydrogen-bond acceptors (Lipinski definition) is 3. The molecule has 1 unspecified atom stereocenters. The summed E-state index contributed by atoms with van der Waals surface area (Å²) in [4.78, 5) is 27.2. The molecule has 0 aromatic carbocycles. The van der Waals surface area contributed by atoms with Crippen molar-refractivity contribution < 1.29 is 14.7 Å². The lowest BCUT2D eigenvalue weighted by molar-refractivity contribution is -0.143. The first-order chi connectivity index (χ1) is 10.1. The molecular weight excluding hydrogens is 270 g/mol. The fourth-order valence-corrected chi connectivity index (χ4v) is 3.21. The minimum atomic E-state index is -0.796. The lowest BCUT2D eigenvalue weighted by Crippen LogP contribution is -2.48. The SMILES string of the molecule is CC(CNC(=O)N1CCC[C@H](C(=O)O)C1)CN1CCCC1. The van der Waals surface area contributed by atoms with E-state index in [0.29, 0.717) is 32.0 Å². The van der Waals surface area contributed by atoms with Crippen LogP contribution in [0.25, 0.3) is 0 Å². The Labute approximate surface area is 126 Å². The fourth-order valence-electron chi connectivity index (χ4n) is 3.21. The highest BCUT2D eigenvalue weighted by Gasteiger charge is 2.28. The van der Waals surface area contributed by atoms with E-state index in [1.165, 1.54) is 25.9 Å². The minimum absolute atomic E-state index is 0.116. The Morgan fingerprint density at radius 3 is 2.62 bits per heavy atom. The molecule has 2 fully saturated rings. The Morgan fingerprint density at radius 1 is 1.24 bits per heavy atom. The highest BCUT2D eigenvalue weighted by molar-refractivity contribution is 5.76. The van der Waals surface area contributed by atoms with Gasteiger partial charge in [-0.2, -0.15) is 0 Å². The van der Waals surface area contributed by atoms with E-state index in [1.807, 2.05) is 0 Å². The zero-order valence-corrected chi connectivity index (χ0v) is 12.9. The number of carboxylic acid groups (broad SMARTS) is 1. The van der Waals surface area contributed by atoms with Crippen molar-refractivity contribution in [3.63, 3.8) is 0 Å². The standard InChI is InChI=1S/C15H27N3O3/c1-12(10-17-6-2-3-7-17)9-16-15(21)18-8-4-5-13(11-18)14(19)20/h12-13H,2-11H2,1H3,(H,16,21)(H,19,20)/t12?,13-/m0/s1. The lowest BCUT2D eigenvalue weighted by atomic mass is 9.99. The molecule has 120 valence electrons. The molecule has 2 amide bonds. The van der Waals surface area contributed by atoms with Crippen molar-refractivity contribution in [1.29, 1.82) is 0 Å². The largest absolute Gasteiger partial charge is 0.481 e. The van der Waals surface area contributed by atoms with E-state index in [0.717, 1.165) is 13.0 Å². The van der Waals surface area contributed by atoms with Gasteiger partial charge in [-0.1, -0.05) is 6.92 Å². The van der Waals surface area contributed by atoms with Crippen LogP contribution < -0.4 is 5.32 Å². The Kier molecular flexibility index (Phi) is 5.85. The molecule has 0 spiro atoms. The predicted octanol–water partition coefficient (Wildman–Crippen LogP) is 1.22. The van der Waals surface area contributed by atoms with Gasteiger partial charge in [0.05, 0.1) is 5.92 Å². The maximum atomic E-state index is 12.1. The molecule has 2 aliphatic heterocycles. The summed E-state index contributed by atoms with van der Waals surface area (Å²) in [6, 6.07) is -0.116. The minimum Gasteiger partial charge on any atom is -0.481 e. The molecule has 0 aromatic rings. The number of carbonyl (C=O) groups excluding carboxylic acids is 1. The highest BCUT2D eigenvalue weighted by Crippen LogP contribution is 2.16. The number of amides is 2. The molecule has 2 N–H and O–H groups in total. The molecule has 2 aliphatic rings. The molecule has 6 heteroatoms. The molecule has 0 bridgehead atoms. The molecule has 6 nitrogen and oxygen atoms in total. The topological polar surface area (TPSA) is 72.9 Å². The molecule has 2 heterocycles. The quantitative estimate of drug-likeness (QED) is 0.800. The summed E-state index contributed by atoms with van der Waals surface area (Å²) in [6.45, 7) is 7.17. The molecule has 0 radical (unpaired) electrons. The third-order valence-electron chi connectivity index (χ3n) is 4.43. The van der Waals surface area contributed by atoms with Crippen LogP contribution in [0.3, 0.4) is 0 Å². The summed E-state index contributed by atoms with van der Waals surface area (Å²) in [7, 11) is 0. The van der Waals surface area contributed by atoms with Crippen LogP contribution in [-0.2, 0) is 4.79 Å². The predicted molar refractivity (Wildman–Crippen MR) is 80.2 cm³/mol. The van der Waals surface area contributed by atoms with E-state index < -0.39 is 11.9 Å². The number of rotatable bonds is 5. The molecular formula is C15H27N3O3. The van der Waals surface area contributed by atoms with E-state index in [4.69, 9.17) is 5.11 Å². The Balaban J connectivity index is 1.69. The molecule has 0 aliphatic carbocycles. The van der Waals surface area contributed by atoms with Crippen LogP contribution in [0.4, 0.5) is 4.79 Å². The van der Waals surface area contributed by atoms with E-state index in [9.17, 15) is 9.59 Å². The maximum Gasteiger partial charge on any atom is 0.317 e. The van der Waals surface area contributed by atoms with Crippen molar-refractivity contribution in [2.45, 2.75) is 32.6 Å².